The SMILES string of the molecule is COCCn1cc(-c2ccncc2)sc1=NC(=O)C12CC3CC(CC(C3)C1)C2. The van der Waals surface area contributed by atoms with Crippen LogP contribution in [0, 0.1) is 23.2 Å². The molecule has 5 nitrogen and oxygen atoms in total. The number of rotatable bonds is 5. The number of nitrogens with zero attached hydrogens (tertiary/aromatic N) is 3. The Hall–Kier alpha value is -1.79. The third-order valence-electron chi connectivity index (χ3n) is 6.91. The van der Waals surface area contributed by atoms with E-state index in [1.807, 2.05) is 12.1 Å². The zero-order chi connectivity index (χ0) is 19.1. The number of aromatic nitrogens is 2. The molecule has 2 aromatic heterocycles. The van der Waals surface area contributed by atoms with Crippen LogP contribution in [0.15, 0.2) is 35.7 Å². The second-order valence-electron chi connectivity index (χ2n) is 8.91. The molecule has 4 aliphatic rings. The van der Waals surface area contributed by atoms with E-state index in [-0.39, 0.29) is 11.3 Å². The minimum absolute atomic E-state index is 0.126. The molecule has 0 aliphatic heterocycles. The highest BCUT2D eigenvalue weighted by molar-refractivity contribution is 7.12. The molecular formula is C22H27N3O2S. The Balaban J connectivity index is 1.50. The van der Waals surface area contributed by atoms with Crippen LogP contribution in [0.5, 0.6) is 0 Å². The van der Waals surface area contributed by atoms with Crippen molar-refractivity contribution in [3.63, 3.8) is 0 Å². The number of carbonyl (C=O) groups is 1. The van der Waals surface area contributed by atoms with E-state index in [1.165, 1.54) is 19.3 Å². The standard InChI is InChI=1S/C22H27N3O2S/c1-27-7-6-25-14-19(18-2-4-23-5-3-18)28-21(25)24-20(26)22-11-15-8-16(12-22)10-17(9-15)13-22/h2-5,14-17H,6-13H2,1H3. The van der Waals surface area contributed by atoms with Gasteiger partial charge in [0.15, 0.2) is 4.80 Å². The molecule has 148 valence electrons. The number of ether oxygens (including phenoxy) is 1. The molecule has 2 aromatic rings. The van der Waals surface area contributed by atoms with Crippen molar-refractivity contribution in [2.24, 2.45) is 28.2 Å². The van der Waals surface area contributed by atoms with Gasteiger partial charge in [0.2, 0.25) is 0 Å². The first-order valence-corrected chi connectivity index (χ1v) is 11.2. The lowest BCUT2D eigenvalue weighted by Crippen LogP contribution is -2.49. The molecule has 1 amide bonds. The highest BCUT2D eigenvalue weighted by Gasteiger charge is 2.54. The first-order chi connectivity index (χ1) is 13.6. The Morgan fingerprint density at radius 2 is 1.86 bits per heavy atom. The van der Waals surface area contributed by atoms with E-state index in [0.717, 1.165) is 52.3 Å². The Morgan fingerprint density at radius 1 is 1.21 bits per heavy atom. The van der Waals surface area contributed by atoms with Crippen molar-refractivity contribution in [2.45, 2.75) is 45.1 Å². The number of hydrogen-bond acceptors (Lipinski definition) is 4. The summed E-state index contributed by atoms with van der Waals surface area (Å²) in [4.78, 5) is 24.2. The molecule has 4 bridgehead atoms. The first kappa shape index (κ1) is 18.3. The molecule has 4 saturated carbocycles. The van der Waals surface area contributed by atoms with E-state index in [2.05, 4.69) is 15.7 Å². The maximum Gasteiger partial charge on any atom is 0.254 e. The van der Waals surface area contributed by atoms with Gasteiger partial charge in [0.25, 0.3) is 5.91 Å². The number of amides is 1. The maximum absolute atomic E-state index is 13.4. The number of thiazole rings is 1. The highest BCUT2D eigenvalue weighted by Crippen LogP contribution is 2.60. The molecule has 2 heterocycles. The van der Waals surface area contributed by atoms with Crippen molar-refractivity contribution >= 4 is 17.2 Å². The van der Waals surface area contributed by atoms with Gasteiger partial charge in [-0.15, -0.1) is 0 Å². The van der Waals surface area contributed by atoms with E-state index in [1.54, 1.807) is 30.8 Å². The van der Waals surface area contributed by atoms with Crippen LogP contribution in [0.2, 0.25) is 0 Å². The van der Waals surface area contributed by atoms with Gasteiger partial charge >= 0.3 is 0 Å². The normalized spacial score (nSPS) is 31.5. The summed E-state index contributed by atoms with van der Waals surface area (Å²) in [5.74, 6) is 2.38. The van der Waals surface area contributed by atoms with Gasteiger partial charge in [-0.1, -0.05) is 11.3 Å². The first-order valence-electron chi connectivity index (χ1n) is 10.3. The van der Waals surface area contributed by atoms with Crippen molar-refractivity contribution in [2.75, 3.05) is 13.7 Å². The minimum atomic E-state index is -0.186. The lowest BCUT2D eigenvalue weighted by atomic mass is 9.49. The van der Waals surface area contributed by atoms with Gasteiger partial charge in [-0.05, 0) is 74.0 Å². The second-order valence-corrected chi connectivity index (χ2v) is 9.92. The molecule has 0 unspecified atom stereocenters. The van der Waals surface area contributed by atoms with Crippen LogP contribution >= 0.6 is 11.3 Å². The fraction of sp³-hybridized carbons (Fsp3) is 0.591. The molecule has 0 radical (unpaired) electrons. The van der Waals surface area contributed by atoms with Crippen molar-refractivity contribution in [1.29, 1.82) is 0 Å². The summed E-state index contributed by atoms with van der Waals surface area (Å²) in [5, 5.41) is 0. The van der Waals surface area contributed by atoms with Gasteiger partial charge in [-0.2, -0.15) is 4.99 Å². The lowest BCUT2D eigenvalue weighted by molar-refractivity contribution is -0.142. The molecule has 6 heteroatoms. The van der Waals surface area contributed by atoms with E-state index in [0.29, 0.717) is 13.2 Å². The quantitative estimate of drug-likeness (QED) is 0.769. The minimum Gasteiger partial charge on any atom is -0.383 e. The van der Waals surface area contributed by atoms with Gasteiger partial charge in [-0.3, -0.25) is 9.78 Å². The Bertz CT molecular complexity index is 895. The van der Waals surface area contributed by atoms with Crippen LogP contribution < -0.4 is 4.80 Å². The summed E-state index contributed by atoms with van der Waals surface area (Å²) in [5.41, 5.74) is 0.921. The number of carbonyl (C=O) groups excluding carboxylic acids is 1. The summed E-state index contributed by atoms with van der Waals surface area (Å²) < 4.78 is 7.34. The molecule has 0 N–H and O–H groups in total. The highest BCUT2D eigenvalue weighted by atomic mass is 32.1. The molecule has 0 saturated heterocycles. The fourth-order valence-electron chi connectivity index (χ4n) is 6.04. The van der Waals surface area contributed by atoms with Crippen LogP contribution in [-0.2, 0) is 16.1 Å². The monoisotopic (exact) mass is 397 g/mol. The van der Waals surface area contributed by atoms with Crippen molar-refractivity contribution in [3.05, 3.63) is 35.5 Å². The summed E-state index contributed by atoms with van der Waals surface area (Å²) in [6.07, 6.45) is 12.9. The third-order valence-corrected chi connectivity index (χ3v) is 7.98. The van der Waals surface area contributed by atoms with E-state index >= 15 is 0 Å². The Kier molecular flexibility index (Phi) is 4.71. The number of pyridine rings is 1. The van der Waals surface area contributed by atoms with E-state index in [9.17, 15) is 4.79 Å². The van der Waals surface area contributed by atoms with E-state index < -0.39 is 0 Å². The van der Waals surface area contributed by atoms with Crippen LogP contribution in [0.1, 0.15) is 38.5 Å². The topological polar surface area (TPSA) is 56.5 Å². The molecule has 0 spiro atoms. The predicted molar refractivity (Wildman–Crippen MR) is 109 cm³/mol. The zero-order valence-corrected chi connectivity index (χ0v) is 17.2. The van der Waals surface area contributed by atoms with Gasteiger partial charge in [0, 0.05) is 32.2 Å². The van der Waals surface area contributed by atoms with Crippen LogP contribution in [0.25, 0.3) is 10.4 Å². The van der Waals surface area contributed by atoms with Crippen LogP contribution in [0.4, 0.5) is 0 Å². The molecule has 28 heavy (non-hydrogen) atoms. The lowest BCUT2D eigenvalue weighted by Gasteiger charge is -2.55. The summed E-state index contributed by atoms with van der Waals surface area (Å²) in [7, 11) is 1.70. The van der Waals surface area contributed by atoms with Crippen LogP contribution in [0.3, 0.4) is 0 Å². The molecule has 6 rings (SSSR count). The van der Waals surface area contributed by atoms with Crippen LogP contribution in [-0.4, -0.2) is 29.2 Å². The van der Waals surface area contributed by atoms with E-state index in [4.69, 9.17) is 9.73 Å². The second kappa shape index (κ2) is 7.23. The number of methoxy groups -OCH3 is 1. The van der Waals surface area contributed by atoms with Gasteiger partial charge < -0.3 is 9.30 Å². The van der Waals surface area contributed by atoms with Crippen molar-refractivity contribution < 1.29 is 9.53 Å². The third kappa shape index (κ3) is 3.26. The maximum atomic E-state index is 13.4. The molecule has 4 aliphatic carbocycles. The van der Waals surface area contributed by atoms with Gasteiger partial charge in [-0.25, -0.2) is 0 Å². The van der Waals surface area contributed by atoms with Gasteiger partial charge in [0.1, 0.15) is 0 Å². The Labute approximate surface area is 169 Å². The Morgan fingerprint density at radius 3 is 2.46 bits per heavy atom. The summed E-state index contributed by atoms with van der Waals surface area (Å²) >= 11 is 1.59. The molecule has 0 aromatic carbocycles. The van der Waals surface area contributed by atoms with Crippen molar-refractivity contribution in [3.8, 4) is 10.4 Å². The van der Waals surface area contributed by atoms with Crippen molar-refractivity contribution in [1.82, 2.24) is 9.55 Å². The summed E-state index contributed by atoms with van der Waals surface area (Å²) in [6.45, 7) is 1.30. The average molecular weight is 398 g/mol. The average Bonchev–Trinajstić information content (AvgIpc) is 3.08. The molecule has 4 fully saturated rings. The molecule has 0 atom stereocenters. The smallest absolute Gasteiger partial charge is 0.254 e. The predicted octanol–water partition coefficient (Wildman–Crippen LogP) is 3.90. The number of hydrogen-bond donors (Lipinski definition) is 0. The largest absolute Gasteiger partial charge is 0.383 e. The molecular weight excluding hydrogens is 370 g/mol. The van der Waals surface area contributed by atoms with Gasteiger partial charge in [0.05, 0.1) is 16.9 Å². The zero-order valence-electron chi connectivity index (χ0n) is 16.3. The summed E-state index contributed by atoms with van der Waals surface area (Å²) in [6, 6.07) is 3.99. The fourth-order valence-corrected chi connectivity index (χ4v) is 7.07.